The Hall–Kier alpha value is -3.13. The lowest BCUT2D eigenvalue weighted by molar-refractivity contribution is 0.627. The molecule has 1 aromatic carbocycles. The third kappa shape index (κ3) is 2.30. The largest absolute Gasteiger partial charge is 0.382 e. The van der Waals surface area contributed by atoms with Gasteiger partial charge in [0.1, 0.15) is 16.2 Å². The quantitative estimate of drug-likeness (QED) is 0.575. The van der Waals surface area contributed by atoms with Gasteiger partial charge in [0, 0.05) is 25.0 Å². The first-order valence-electron chi connectivity index (χ1n) is 7.31. The highest BCUT2D eigenvalue weighted by molar-refractivity contribution is 6.32. The smallest absolute Gasteiger partial charge is 0.268 e. The van der Waals surface area contributed by atoms with Gasteiger partial charge >= 0.3 is 0 Å². The Bertz CT molecular complexity index is 1180. The van der Waals surface area contributed by atoms with Crippen molar-refractivity contribution < 1.29 is 4.39 Å². The lowest BCUT2D eigenvalue weighted by Gasteiger charge is -2.11. The van der Waals surface area contributed by atoms with Gasteiger partial charge in [-0.25, -0.2) is 4.39 Å². The number of aryl methyl sites for hydroxylation is 1. The number of nitrogen functional groups attached to an aromatic ring is 1. The van der Waals surface area contributed by atoms with E-state index in [4.69, 9.17) is 17.3 Å². The number of nitrogens with zero attached hydrogens (tertiary/aromatic N) is 4. The summed E-state index contributed by atoms with van der Waals surface area (Å²) in [5.74, 6) is -0.565. The van der Waals surface area contributed by atoms with E-state index in [1.165, 1.54) is 16.7 Å². The van der Waals surface area contributed by atoms with Gasteiger partial charge in [-0.2, -0.15) is 10.2 Å². The van der Waals surface area contributed by atoms with E-state index in [2.05, 4.69) is 15.3 Å². The molecule has 0 amide bonds. The highest BCUT2D eigenvalue weighted by atomic mass is 35.5. The Morgan fingerprint density at radius 3 is 2.84 bits per heavy atom. The van der Waals surface area contributed by atoms with Crippen molar-refractivity contribution in [3.05, 3.63) is 57.9 Å². The van der Waals surface area contributed by atoms with Crippen LogP contribution in [0.25, 0.3) is 27.8 Å². The van der Waals surface area contributed by atoms with Crippen molar-refractivity contribution in [2.24, 2.45) is 7.05 Å². The van der Waals surface area contributed by atoms with Crippen LogP contribution in [-0.4, -0.2) is 24.5 Å². The van der Waals surface area contributed by atoms with E-state index in [0.717, 1.165) is 0 Å². The van der Waals surface area contributed by atoms with Crippen LogP contribution in [-0.2, 0) is 7.05 Å². The Labute approximate surface area is 145 Å². The number of rotatable bonds is 2. The zero-order valence-corrected chi connectivity index (χ0v) is 13.8. The fourth-order valence-electron chi connectivity index (χ4n) is 2.75. The molecule has 4 rings (SSSR count). The molecule has 0 unspecified atom stereocenters. The maximum absolute atomic E-state index is 13.9. The van der Waals surface area contributed by atoms with E-state index in [0.29, 0.717) is 16.8 Å². The lowest BCUT2D eigenvalue weighted by atomic mass is 10.1. The number of fused-ring (bicyclic) bond motifs is 1. The Balaban J connectivity index is 2.12. The number of anilines is 1. The average molecular weight is 359 g/mol. The van der Waals surface area contributed by atoms with E-state index >= 15 is 0 Å². The second-order valence-corrected chi connectivity index (χ2v) is 5.90. The Kier molecular flexibility index (Phi) is 3.36. The van der Waals surface area contributed by atoms with Crippen molar-refractivity contribution in [1.29, 1.82) is 0 Å². The monoisotopic (exact) mass is 358 g/mol. The fraction of sp³-hybridized carbons (Fsp3) is 0.0625. The van der Waals surface area contributed by atoms with Gasteiger partial charge in [-0.05, 0) is 18.2 Å². The van der Waals surface area contributed by atoms with Gasteiger partial charge in [-0.3, -0.25) is 19.1 Å². The molecule has 3 N–H and O–H groups in total. The molecular weight excluding hydrogens is 347 g/mol. The second-order valence-electron chi connectivity index (χ2n) is 5.52. The maximum Gasteiger partial charge on any atom is 0.268 e. The lowest BCUT2D eigenvalue weighted by Crippen LogP contribution is -2.19. The first kappa shape index (κ1) is 15.4. The molecule has 0 saturated carbocycles. The predicted molar refractivity (Wildman–Crippen MR) is 93.3 cm³/mol. The first-order valence-corrected chi connectivity index (χ1v) is 7.69. The summed E-state index contributed by atoms with van der Waals surface area (Å²) in [6.45, 7) is 0. The molecule has 0 atom stereocenters. The van der Waals surface area contributed by atoms with Crippen LogP contribution in [0.5, 0.6) is 0 Å². The minimum absolute atomic E-state index is 0.0547. The SMILES string of the molecule is Cn1ccc(-c2cn(-c3cccc(F)c3Cl)c(=O)c3c(N)n[nH]c23)n1. The van der Waals surface area contributed by atoms with Crippen molar-refractivity contribution in [2.45, 2.75) is 0 Å². The van der Waals surface area contributed by atoms with Crippen LogP contribution < -0.4 is 11.3 Å². The third-order valence-corrected chi connectivity index (χ3v) is 4.31. The van der Waals surface area contributed by atoms with Gasteiger partial charge in [-0.15, -0.1) is 0 Å². The number of hydrogen-bond acceptors (Lipinski definition) is 4. The zero-order chi connectivity index (χ0) is 17.7. The molecule has 0 spiro atoms. The van der Waals surface area contributed by atoms with Crippen LogP contribution in [0.4, 0.5) is 10.2 Å². The van der Waals surface area contributed by atoms with Crippen LogP contribution >= 0.6 is 11.6 Å². The van der Waals surface area contributed by atoms with Gasteiger partial charge < -0.3 is 5.73 Å². The fourth-order valence-corrected chi connectivity index (χ4v) is 2.97. The molecule has 0 saturated heterocycles. The summed E-state index contributed by atoms with van der Waals surface area (Å²) in [6, 6.07) is 6.04. The minimum atomic E-state index is -0.620. The number of benzene rings is 1. The summed E-state index contributed by atoms with van der Waals surface area (Å²) in [7, 11) is 1.78. The topological polar surface area (TPSA) is 94.5 Å². The molecule has 0 aliphatic heterocycles. The number of pyridine rings is 1. The van der Waals surface area contributed by atoms with Gasteiger partial charge in [0.25, 0.3) is 5.56 Å². The summed E-state index contributed by atoms with van der Waals surface area (Å²) in [6.07, 6.45) is 3.32. The Morgan fingerprint density at radius 2 is 2.12 bits per heavy atom. The number of hydrogen-bond donors (Lipinski definition) is 2. The van der Waals surface area contributed by atoms with Gasteiger partial charge in [0.15, 0.2) is 5.82 Å². The number of halogens is 2. The van der Waals surface area contributed by atoms with Crippen molar-refractivity contribution in [3.63, 3.8) is 0 Å². The van der Waals surface area contributed by atoms with Crippen molar-refractivity contribution in [2.75, 3.05) is 5.73 Å². The van der Waals surface area contributed by atoms with Crippen molar-refractivity contribution >= 4 is 28.3 Å². The standard InChI is InChI=1S/C16H12ClFN6O/c1-23-6-5-10(22-23)8-7-24(11-4-2-3-9(18)13(11)17)16(25)12-14(8)20-21-15(12)19/h2-7H,1H3,(H3,19,20,21). The Morgan fingerprint density at radius 1 is 1.32 bits per heavy atom. The molecule has 0 fully saturated rings. The van der Waals surface area contributed by atoms with E-state index in [-0.39, 0.29) is 21.9 Å². The van der Waals surface area contributed by atoms with Crippen molar-refractivity contribution in [3.8, 4) is 16.9 Å². The van der Waals surface area contributed by atoms with E-state index in [1.807, 2.05) is 0 Å². The van der Waals surface area contributed by atoms with Crippen LogP contribution in [0.3, 0.4) is 0 Å². The van der Waals surface area contributed by atoms with Crippen molar-refractivity contribution in [1.82, 2.24) is 24.5 Å². The summed E-state index contributed by atoms with van der Waals surface area (Å²) in [5, 5.41) is 11.1. The normalized spacial score (nSPS) is 11.3. The van der Waals surface area contributed by atoms with E-state index in [1.54, 1.807) is 36.3 Å². The molecule has 3 heterocycles. The summed E-state index contributed by atoms with van der Waals surface area (Å²) in [5.41, 5.74) is 7.29. The summed E-state index contributed by atoms with van der Waals surface area (Å²) < 4.78 is 16.7. The highest BCUT2D eigenvalue weighted by Crippen LogP contribution is 2.29. The molecule has 0 aliphatic carbocycles. The molecule has 0 radical (unpaired) electrons. The molecule has 4 aromatic rings. The molecule has 126 valence electrons. The van der Waals surface area contributed by atoms with Crippen LogP contribution in [0.2, 0.25) is 5.02 Å². The van der Waals surface area contributed by atoms with Gasteiger partial charge in [-0.1, -0.05) is 17.7 Å². The second kappa shape index (κ2) is 5.45. The van der Waals surface area contributed by atoms with E-state index < -0.39 is 11.4 Å². The number of aromatic amines is 1. The van der Waals surface area contributed by atoms with Gasteiger partial charge in [0.2, 0.25) is 0 Å². The third-order valence-electron chi connectivity index (χ3n) is 3.93. The number of H-pyrrole nitrogens is 1. The number of aromatic nitrogens is 5. The molecule has 9 heteroatoms. The predicted octanol–water partition coefficient (Wildman–Crippen LogP) is 2.49. The maximum atomic E-state index is 13.9. The molecular formula is C16H12ClFN6O. The molecule has 7 nitrogen and oxygen atoms in total. The summed E-state index contributed by atoms with van der Waals surface area (Å²) >= 11 is 6.06. The molecule has 3 aromatic heterocycles. The first-order chi connectivity index (χ1) is 12.0. The van der Waals surface area contributed by atoms with Crippen LogP contribution in [0.15, 0.2) is 41.5 Å². The molecule has 25 heavy (non-hydrogen) atoms. The molecule has 0 bridgehead atoms. The number of nitrogens with one attached hydrogen (secondary N) is 1. The number of nitrogens with two attached hydrogens (primary N) is 1. The zero-order valence-electron chi connectivity index (χ0n) is 13.0. The van der Waals surface area contributed by atoms with Gasteiger partial charge in [0.05, 0.1) is 16.9 Å². The highest BCUT2D eigenvalue weighted by Gasteiger charge is 2.19. The van der Waals surface area contributed by atoms with Crippen LogP contribution in [0, 0.1) is 5.82 Å². The van der Waals surface area contributed by atoms with Crippen LogP contribution in [0.1, 0.15) is 0 Å². The average Bonchev–Trinajstić information content (AvgIpc) is 3.18. The minimum Gasteiger partial charge on any atom is -0.382 e. The summed E-state index contributed by atoms with van der Waals surface area (Å²) in [4.78, 5) is 12.9. The van der Waals surface area contributed by atoms with E-state index in [9.17, 15) is 9.18 Å². The molecule has 0 aliphatic rings.